The first kappa shape index (κ1) is 20.5. The molecular formula is C23H19N5O2S. The van der Waals surface area contributed by atoms with Crippen LogP contribution in [0, 0.1) is 0 Å². The van der Waals surface area contributed by atoms with Crippen LogP contribution in [0.4, 0.5) is 0 Å². The molecule has 4 aromatic rings. The van der Waals surface area contributed by atoms with E-state index in [0.29, 0.717) is 27.5 Å². The van der Waals surface area contributed by atoms with Gasteiger partial charge in [-0.15, -0.1) is 0 Å². The number of rotatable bonds is 6. The third-order valence-corrected chi connectivity index (χ3v) is 5.46. The zero-order chi connectivity index (χ0) is 21.6. The van der Waals surface area contributed by atoms with Crippen molar-refractivity contribution in [2.45, 2.75) is 12.1 Å². The van der Waals surface area contributed by atoms with E-state index in [1.54, 1.807) is 37.5 Å². The predicted molar refractivity (Wildman–Crippen MR) is 123 cm³/mol. The van der Waals surface area contributed by atoms with Gasteiger partial charge in [-0.05, 0) is 37.3 Å². The fraction of sp³-hybridized carbons (Fsp3) is 0.0870. The Balaban J connectivity index is 1.58. The molecule has 7 nitrogen and oxygen atoms in total. The Morgan fingerprint density at radius 3 is 2.61 bits per heavy atom. The van der Waals surface area contributed by atoms with Crippen LogP contribution in [0.1, 0.15) is 12.5 Å². The number of benzene rings is 2. The minimum atomic E-state index is -0.296. The van der Waals surface area contributed by atoms with Crippen LogP contribution in [0.5, 0.6) is 0 Å². The van der Waals surface area contributed by atoms with Gasteiger partial charge in [0.25, 0.3) is 11.5 Å². The van der Waals surface area contributed by atoms with Gasteiger partial charge in [0.2, 0.25) is 0 Å². The van der Waals surface area contributed by atoms with Crippen LogP contribution in [-0.4, -0.2) is 31.9 Å². The highest BCUT2D eigenvalue weighted by atomic mass is 32.2. The SMILES string of the molecule is C/C(=N/NC(=O)CSc1nc2ccccc2c(=O)n1-c1ccccc1)c1cccnc1. The predicted octanol–water partition coefficient (Wildman–Crippen LogP) is 3.41. The van der Waals surface area contributed by atoms with Gasteiger partial charge in [0, 0.05) is 18.0 Å². The molecule has 0 unspecified atom stereocenters. The van der Waals surface area contributed by atoms with E-state index in [1.807, 2.05) is 48.5 Å². The molecule has 0 atom stereocenters. The first-order valence-electron chi connectivity index (χ1n) is 9.57. The standard InChI is InChI=1S/C23H19N5O2S/c1-16(17-8-7-13-24-14-17)26-27-21(29)15-31-23-25-20-12-6-5-11-19(20)22(30)28(23)18-9-3-2-4-10-18/h2-14H,15H2,1H3,(H,27,29)/b26-16-. The minimum absolute atomic E-state index is 0.0570. The van der Waals surface area contributed by atoms with Gasteiger partial charge in [0.1, 0.15) is 0 Å². The summed E-state index contributed by atoms with van der Waals surface area (Å²) in [5.41, 5.74) is 5.13. The molecular weight excluding hydrogens is 410 g/mol. The highest BCUT2D eigenvalue weighted by Crippen LogP contribution is 2.21. The third-order valence-electron chi connectivity index (χ3n) is 4.52. The van der Waals surface area contributed by atoms with Crippen LogP contribution >= 0.6 is 11.8 Å². The molecule has 0 saturated carbocycles. The van der Waals surface area contributed by atoms with Crippen molar-refractivity contribution in [1.82, 2.24) is 20.0 Å². The number of amides is 1. The van der Waals surface area contributed by atoms with E-state index < -0.39 is 0 Å². The molecule has 0 bridgehead atoms. The summed E-state index contributed by atoms with van der Waals surface area (Å²) in [4.78, 5) is 34.2. The molecule has 4 rings (SSSR count). The second-order valence-corrected chi connectivity index (χ2v) is 7.59. The summed E-state index contributed by atoms with van der Waals surface area (Å²) in [6, 6.07) is 20.1. The number of aromatic nitrogens is 3. The first-order valence-corrected chi connectivity index (χ1v) is 10.6. The molecule has 0 radical (unpaired) electrons. The fourth-order valence-electron chi connectivity index (χ4n) is 2.96. The van der Waals surface area contributed by atoms with Gasteiger partial charge in [-0.3, -0.25) is 19.1 Å². The monoisotopic (exact) mass is 429 g/mol. The second-order valence-electron chi connectivity index (χ2n) is 6.65. The maximum Gasteiger partial charge on any atom is 0.266 e. The van der Waals surface area contributed by atoms with Crippen LogP contribution in [0.2, 0.25) is 0 Å². The van der Waals surface area contributed by atoms with E-state index in [1.165, 1.54) is 16.3 Å². The fourth-order valence-corrected chi connectivity index (χ4v) is 3.77. The van der Waals surface area contributed by atoms with Gasteiger partial charge in [-0.1, -0.05) is 48.2 Å². The Morgan fingerprint density at radius 2 is 1.84 bits per heavy atom. The topological polar surface area (TPSA) is 89.2 Å². The number of thioether (sulfide) groups is 1. The summed E-state index contributed by atoms with van der Waals surface area (Å²) < 4.78 is 1.53. The van der Waals surface area contributed by atoms with Crippen LogP contribution in [0.15, 0.2) is 94.2 Å². The van der Waals surface area contributed by atoms with Crippen molar-refractivity contribution in [2.24, 2.45) is 5.10 Å². The Labute approximate surface area is 182 Å². The number of fused-ring (bicyclic) bond motifs is 1. The molecule has 0 spiro atoms. The molecule has 2 aromatic heterocycles. The maximum absolute atomic E-state index is 13.1. The van der Waals surface area contributed by atoms with Crippen LogP contribution in [0.3, 0.4) is 0 Å². The largest absolute Gasteiger partial charge is 0.272 e. The zero-order valence-corrected chi connectivity index (χ0v) is 17.5. The molecule has 31 heavy (non-hydrogen) atoms. The third kappa shape index (κ3) is 4.70. The first-order chi connectivity index (χ1) is 15.1. The highest BCUT2D eigenvalue weighted by Gasteiger charge is 2.14. The minimum Gasteiger partial charge on any atom is -0.272 e. The van der Waals surface area contributed by atoms with Crippen molar-refractivity contribution in [2.75, 3.05) is 5.75 Å². The lowest BCUT2D eigenvalue weighted by atomic mass is 10.2. The van der Waals surface area contributed by atoms with Crippen LogP contribution in [-0.2, 0) is 4.79 Å². The summed E-state index contributed by atoms with van der Waals surface area (Å²) >= 11 is 1.18. The van der Waals surface area contributed by atoms with E-state index >= 15 is 0 Å². The Hall–Kier alpha value is -3.78. The Bertz CT molecular complexity index is 1300. The van der Waals surface area contributed by atoms with E-state index in [2.05, 4.69) is 20.5 Å². The van der Waals surface area contributed by atoms with Gasteiger partial charge in [-0.2, -0.15) is 5.10 Å². The number of pyridine rings is 1. The molecule has 2 aromatic carbocycles. The Morgan fingerprint density at radius 1 is 1.06 bits per heavy atom. The number of hydrogen-bond donors (Lipinski definition) is 1. The number of nitrogens with zero attached hydrogens (tertiary/aromatic N) is 4. The van der Waals surface area contributed by atoms with Gasteiger partial charge in [0.15, 0.2) is 5.16 Å². The van der Waals surface area contributed by atoms with Gasteiger partial charge in [-0.25, -0.2) is 10.4 Å². The second kappa shape index (κ2) is 9.36. The van der Waals surface area contributed by atoms with Gasteiger partial charge < -0.3 is 0 Å². The van der Waals surface area contributed by atoms with Crippen molar-refractivity contribution >= 4 is 34.3 Å². The molecule has 1 N–H and O–H groups in total. The lowest BCUT2D eigenvalue weighted by Crippen LogP contribution is -2.24. The lowest BCUT2D eigenvalue weighted by molar-refractivity contribution is -0.118. The van der Waals surface area contributed by atoms with Crippen molar-refractivity contribution in [3.05, 3.63) is 95.0 Å². The molecule has 2 heterocycles. The quantitative estimate of drug-likeness (QED) is 0.220. The summed E-state index contributed by atoms with van der Waals surface area (Å²) in [5.74, 6) is -0.239. The molecule has 0 aliphatic carbocycles. The van der Waals surface area contributed by atoms with Crippen molar-refractivity contribution in [1.29, 1.82) is 0 Å². The van der Waals surface area contributed by atoms with E-state index in [-0.39, 0.29) is 17.2 Å². The molecule has 0 aliphatic rings. The van der Waals surface area contributed by atoms with Crippen LogP contribution < -0.4 is 11.0 Å². The van der Waals surface area contributed by atoms with Crippen LogP contribution in [0.25, 0.3) is 16.6 Å². The smallest absolute Gasteiger partial charge is 0.266 e. The van der Waals surface area contributed by atoms with Crippen molar-refractivity contribution < 1.29 is 4.79 Å². The average Bonchev–Trinajstić information content (AvgIpc) is 2.82. The normalized spacial score (nSPS) is 11.5. The van der Waals surface area contributed by atoms with Crippen molar-refractivity contribution in [3.8, 4) is 5.69 Å². The number of hydrogen-bond acceptors (Lipinski definition) is 6. The number of para-hydroxylation sites is 2. The van der Waals surface area contributed by atoms with Gasteiger partial charge >= 0.3 is 0 Å². The molecule has 8 heteroatoms. The maximum atomic E-state index is 13.1. The number of nitrogens with one attached hydrogen (secondary N) is 1. The summed E-state index contributed by atoms with van der Waals surface area (Å²) in [6.07, 6.45) is 3.35. The highest BCUT2D eigenvalue weighted by molar-refractivity contribution is 7.99. The molecule has 154 valence electrons. The number of hydrazone groups is 1. The van der Waals surface area contributed by atoms with E-state index in [9.17, 15) is 9.59 Å². The number of carbonyl (C=O) groups is 1. The Kier molecular flexibility index (Phi) is 6.18. The lowest BCUT2D eigenvalue weighted by Gasteiger charge is -2.12. The molecule has 0 aliphatic heterocycles. The summed E-state index contributed by atoms with van der Waals surface area (Å²) in [5, 5.41) is 5.10. The molecule has 1 amide bonds. The van der Waals surface area contributed by atoms with Crippen molar-refractivity contribution in [3.63, 3.8) is 0 Å². The zero-order valence-electron chi connectivity index (χ0n) is 16.7. The molecule has 0 saturated heterocycles. The summed E-state index contributed by atoms with van der Waals surface area (Å²) in [6.45, 7) is 1.79. The summed E-state index contributed by atoms with van der Waals surface area (Å²) in [7, 11) is 0. The van der Waals surface area contributed by atoms with E-state index in [4.69, 9.17) is 0 Å². The number of carbonyl (C=O) groups excluding carboxylic acids is 1. The van der Waals surface area contributed by atoms with E-state index in [0.717, 1.165) is 5.56 Å². The average molecular weight is 430 g/mol. The van der Waals surface area contributed by atoms with Gasteiger partial charge in [0.05, 0.1) is 28.1 Å². The molecule has 0 fully saturated rings.